The minimum atomic E-state index is -0.350. The number of nitrogens with zero attached hydrogens (tertiary/aromatic N) is 2. The molecule has 114 valence electrons. The Morgan fingerprint density at radius 2 is 2.14 bits per heavy atom. The van der Waals surface area contributed by atoms with Crippen molar-refractivity contribution in [1.29, 1.82) is 0 Å². The summed E-state index contributed by atoms with van der Waals surface area (Å²) in [4.78, 5) is 20.6. The summed E-state index contributed by atoms with van der Waals surface area (Å²) in [5.74, 6) is 0.318. The lowest BCUT2D eigenvalue weighted by Crippen LogP contribution is -2.15. The van der Waals surface area contributed by atoms with Crippen LogP contribution in [0.5, 0.6) is 0 Å². The monoisotopic (exact) mass is 333 g/mol. The zero-order valence-electron chi connectivity index (χ0n) is 12.2. The highest BCUT2D eigenvalue weighted by Crippen LogP contribution is 2.20. The molecule has 1 amide bonds. The number of carbonyl (C=O) groups excluding carboxylic acids is 1. The molecule has 22 heavy (non-hydrogen) atoms. The number of carbonyl (C=O) groups is 1. The van der Waals surface area contributed by atoms with E-state index < -0.39 is 0 Å². The molecule has 0 spiro atoms. The molecule has 1 N–H and O–H groups in total. The SMILES string of the molecule is C=CCSc1ncc(Cl)c(C(=O)Nc2ccc(CC)cc2)n1. The second-order valence-corrected chi connectivity index (χ2v) is 5.85. The summed E-state index contributed by atoms with van der Waals surface area (Å²) in [6.07, 6.45) is 4.14. The lowest BCUT2D eigenvalue weighted by Gasteiger charge is -2.07. The first-order chi connectivity index (χ1) is 10.6. The van der Waals surface area contributed by atoms with Gasteiger partial charge in [0, 0.05) is 11.4 Å². The van der Waals surface area contributed by atoms with E-state index >= 15 is 0 Å². The van der Waals surface area contributed by atoms with E-state index in [0.29, 0.717) is 16.6 Å². The van der Waals surface area contributed by atoms with Crippen LogP contribution in [0, 0.1) is 0 Å². The normalized spacial score (nSPS) is 10.3. The molecular weight excluding hydrogens is 318 g/mol. The van der Waals surface area contributed by atoms with Crippen LogP contribution >= 0.6 is 23.4 Å². The van der Waals surface area contributed by atoms with E-state index in [4.69, 9.17) is 11.6 Å². The summed E-state index contributed by atoms with van der Waals surface area (Å²) in [6, 6.07) is 7.67. The summed E-state index contributed by atoms with van der Waals surface area (Å²) in [7, 11) is 0. The summed E-state index contributed by atoms with van der Waals surface area (Å²) in [6.45, 7) is 5.72. The predicted octanol–water partition coefficient (Wildman–Crippen LogP) is 4.22. The average molecular weight is 334 g/mol. The summed E-state index contributed by atoms with van der Waals surface area (Å²) >= 11 is 7.42. The van der Waals surface area contributed by atoms with Crippen LogP contribution < -0.4 is 5.32 Å². The maximum Gasteiger partial charge on any atom is 0.275 e. The zero-order chi connectivity index (χ0) is 15.9. The van der Waals surface area contributed by atoms with Gasteiger partial charge in [0.1, 0.15) is 0 Å². The van der Waals surface area contributed by atoms with E-state index in [1.807, 2.05) is 24.3 Å². The number of amides is 1. The maximum absolute atomic E-state index is 12.3. The minimum Gasteiger partial charge on any atom is -0.321 e. The van der Waals surface area contributed by atoms with Gasteiger partial charge in [0.25, 0.3) is 5.91 Å². The Bertz CT molecular complexity index is 674. The van der Waals surface area contributed by atoms with Gasteiger partial charge in [-0.25, -0.2) is 9.97 Å². The lowest BCUT2D eigenvalue weighted by atomic mass is 10.1. The molecule has 6 heteroatoms. The number of nitrogens with one attached hydrogen (secondary N) is 1. The van der Waals surface area contributed by atoms with Gasteiger partial charge in [-0.3, -0.25) is 4.79 Å². The van der Waals surface area contributed by atoms with Crippen LogP contribution in [0.4, 0.5) is 5.69 Å². The van der Waals surface area contributed by atoms with Gasteiger partial charge in [0.2, 0.25) is 0 Å². The van der Waals surface area contributed by atoms with Crippen LogP contribution in [0.1, 0.15) is 23.0 Å². The van der Waals surface area contributed by atoms with Gasteiger partial charge in [-0.15, -0.1) is 6.58 Å². The van der Waals surface area contributed by atoms with E-state index in [1.54, 1.807) is 6.08 Å². The first-order valence-electron chi connectivity index (χ1n) is 6.80. The molecule has 1 aromatic heterocycles. The number of benzene rings is 1. The van der Waals surface area contributed by atoms with Gasteiger partial charge in [0.15, 0.2) is 10.9 Å². The Morgan fingerprint density at radius 1 is 1.41 bits per heavy atom. The minimum absolute atomic E-state index is 0.169. The topological polar surface area (TPSA) is 54.9 Å². The van der Waals surface area contributed by atoms with Crippen molar-refractivity contribution in [2.24, 2.45) is 0 Å². The Hall–Kier alpha value is -1.85. The largest absolute Gasteiger partial charge is 0.321 e. The molecule has 4 nitrogen and oxygen atoms in total. The van der Waals surface area contributed by atoms with Gasteiger partial charge >= 0.3 is 0 Å². The number of rotatable bonds is 6. The number of thioether (sulfide) groups is 1. The van der Waals surface area contributed by atoms with Gasteiger partial charge in [-0.1, -0.05) is 48.5 Å². The highest BCUT2D eigenvalue weighted by molar-refractivity contribution is 7.99. The van der Waals surface area contributed by atoms with Gasteiger partial charge in [-0.2, -0.15) is 0 Å². The Morgan fingerprint density at radius 3 is 2.77 bits per heavy atom. The first kappa shape index (κ1) is 16.5. The van der Waals surface area contributed by atoms with Crippen molar-refractivity contribution >= 4 is 35.0 Å². The molecule has 0 saturated heterocycles. The second-order valence-electron chi connectivity index (χ2n) is 4.45. The molecule has 0 bridgehead atoms. The highest BCUT2D eigenvalue weighted by Gasteiger charge is 2.14. The Labute approximate surface area is 139 Å². The molecule has 0 aliphatic carbocycles. The summed E-state index contributed by atoms with van der Waals surface area (Å²) < 4.78 is 0. The van der Waals surface area contributed by atoms with Gasteiger partial charge in [-0.05, 0) is 24.1 Å². The molecule has 1 aromatic carbocycles. The number of halogens is 1. The van der Waals surface area contributed by atoms with Crippen LogP contribution in [-0.2, 0) is 6.42 Å². The quantitative estimate of drug-likeness (QED) is 0.488. The van der Waals surface area contributed by atoms with E-state index in [2.05, 4.69) is 28.8 Å². The highest BCUT2D eigenvalue weighted by atomic mass is 35.5. The van der Waals surface area contributed by atoms with E-state index in [9.17, 15) is 4.79 Å². The van der Waals surface area contributed by atoms with E-state index in [1.165, 1.54) is 23.5 Å². The lowest BCUT2D eigenvalue weighted by molar-refractivity contribution is 0.102. The van der Waals surface area contributed by atoms with Crippen molar-refractivity contribution in [3.8, 4) is 0 Å². The number of hydrogen-bond acceptors (Lipinski definition) is 4. The predicted molar refractivity (Wildman–Crippen MR) is 91.7 cm³/mol. The van der Waals surface area contributed by atoms with Gasteiger partial charge < -0.3 is 5.32 Å². The molecule has 2 aromatic rings. The molecule has 0 aliphatic rings. The number of aryl methyl sites for hydroxylation is 1. The van der Waals surface area contributed by atoms with Crippen LogP contribution in [0.15, 0.2) is 48.3 Å². The summed E-state index contributed by atoms with van der Waals surface area (Å²) in [5.41, 5.74) is 2.08. The van der Waals surface area contributed by atoms with E-state index in [0.717, 1.165) is 6.42 Å². The average Bonchev–Trinajstić information content (AvgIpc) is 2.54. The fourth-order valence-corrected chi connectivity index (χ4v) is 2.45. The molecule has 0 fully saturated rings. The molecule has 0 atom stereocenters. The number of anilines is 1. The number of aromatic nitrogens is 2. The fourth-order valence-electron chi connectivity index (χ4n) is 1.73. The second kappa shape index (κ2) is 7.96. The van der Waals surface area contributed by atoms with Crippen molar-refractivity contribution in [3.63, 3.8) is 0 Å². The third kappa shape index (κ3) is 4.32. The smallest absolute Gasteiger partial charge is 0.275 e. The van der Waals surface area contributed by atoms with Crippen molar-refractivity contribution in [2.75, 3.05) is 11.1 Å². The molecule has 0 aliphatic heterocycles. The molecule has 0 radical (unpaired) electrons. The standard InChI is InChI=1S/C16H16ClN3OS/c1-3-9-22-16-18-10-13(17)14(20-16)15(21)19-12-7-5-11(4-2)6-8-12/h3,5-8,10H,1,4,9H2,2H3,(H,19,21). The van der Waals surface area contributed by atoms with E-state index in [-0.39, 0.29) is 16.6 Å². The van der Waals surface area contributed by atoms with Crippen LogP contribution in [0.25, 0.3) is 0 Å². The van der Waals surface area contributed by atoms with Crippen LogP contribution in [-0.4, -0.2) is 21.6 Å². The van der Waals surface area contributed by atoms with Crippen LogP contribution in [0.2, 0.25) is 5.02 Å². The van der Waals surface area contributed by atoms with Gasteiger partial charge in [0.05, 0.1) is 11.2 Å². The maximum atomic E-state index is 12.3. The van der Waals surface area contributed by atoms with Crippen LogP contribution in [0.3, 0.4) is 0 Å². The third-order valence-electron chi connectivity index (χ3n) is 2.89. The molecule has 1 heterocycles. The molecule has 0 saturated carbocycles. The fraction of sp³-hybridized carbons (Fsp3) is 0.188. The first-order valence-corrected chi connectivity index (χ1v) is 8.17. The Kier molecular flexibility index (Phi) is 5.98. The Balaban J connectivity index is 2.15. The number of hydrogen-bond donors (Lipinski definition) is 1. The van der Waals surface area contributed by atoms with Crippen molar-refractivity contribution in [2.45, 2.75) is 18.5 Å². The molecule has 2 rings (SSSR count). The van der Waals surface area contributed by atoms with Crippen molar-refractivity contribution < 1.29 is 4.79 Å². The molecule has 0 unspecified atom stereocenters. The third-order valence-corrected chi connectivity index (χ3v) is 4.02. The summed E-state index contributed by atoms with van der Waals surface area (Å²) in [5, 5.41) is 3.51. The van der Waals surface area contributed by atoms with Crippen molar-refractivity contribution in [3.05, 3.63) is 59.4 Å². The van der Waals surface area contributed by atoms with Crippen molar-refractivity contribution in [1.82, 2.24) is 9.97 Å². The zero-order valence-corrected chi connectivity index (χ0v) is 13.7. The molecular formula is C16H16ClN3OS.